The molecule has 2 aromatic rings. The fourth-order valence-corrected chi connectivity index (χ4v) is 4.56. The molecule has 0 N–H and O–H groups in total. The summed E-state index contributed by atoms with van der Waals surface area (Å²) in [5.41, 5.74) is 4.21. The van der Waals surface area contributed by atoms with Crippen LogP contribution in [0.5, 0.6) is 5.75 Å². The Kier molecular flexibility index (Phi) is 3.76. The predicted octanol–water partition coefficient (Wildman–Crippen LogP) is 4.78. The lowest BCUT2D eigenvalue weighted by Gasteiger charge is -2.31. The summed E-state index contributed by atoms with van der Waals surface area (Å²) in [5.74, 6) is 2.46. The molecule has 0 amide bonds. The number of anilines is 1. The van der Waals surface area contributed by atoms with Crippen molar-refractivity contribution in [1.29, 1.82) is 0 Å². The molecule has 2 nitrogen and oxygen atoms in total. The molecule has 0 radical (unpaired) electrons. The molecule has 1 saturated carbocycles. The molecular weight excluding hydrogens is 282 g/mol. The van der Waals surface area contributed by atoms with E-state index in [1.807, 2.05) is 0 Å². The van der Waals surface area contributed by atoms with Gasteiger partial charge in [-0.15, -0.1) is 0 Å². The zero-order valence-electron chi connectivity index (χ0n) is 14.0. The van der Waals surface area contributed by atoms with E-state index < -0.39 is 0 Å². The maximum absolute atomic E-state index is 5.30. The summed E-state index contributed by atoms with van der Waals surface area (Å²) in [6, 6.07) is 18.4. The van der Waals surface area contributed by atoms with Gasteiger partial charge in [0, 0.05) is 24.2 Å². The normalized spacial score (nSPS) is 26.3. The first-order valence-electron chi connectivity index (χ1n) is 8.73. The van der Waals surface area contributed by atoms with Crippen LogP contribution in [0.15, 0.2) is 48.5 Å². The Hall–Kier alpha value is -1.96. The molecule has 0 bridgehead atoms. The van der Waals surface area contributed by atoms with Crippen molar-refractivity contribution in [3.8, 4) is 5.75 Å². The number of rotatable bonds is 3. The quantitative estimate of drug-likeness (QED) is 0.809. The van der Waals surface area contributed by atoms with Gasteiger partial charge in [0.15, 0.2) is 0 Å². The molecule has 1 aliphatic heterocycles. The average Bonchev–Trinajstić information content (AvgIpc) is 3.18. The molecule has 0 spiro atoms. The maximum Gasteiger partial charge on any atom is 0.119 e. The standard InChI is InChI=1S/C21H25NO/c1-15-3-5-16(6-4-15)20-12-7-17-13-14-22(21(17)20)18-8-10-19(23-2)11-9-18/h3-6,8-11,17,20-21H,7,12-14H2,1-2H3/t17-,20+,21+/m1/s1. The van der Waals surface area contributed by atoms with Crippen molar-refractivity contribution in [2.75, 3.05) is 18.6 Å². The summed E-state index contributed by atoms with van der Waals surface area (Å²) in [6.07, 6.45) is 4.03. The Balaban J connectivity index is 1.62. The van der Waals surface area contributed by atoms with Gasteiger partial charge in [0.1, 0.15) is 5.75 Å². The molecule has 23 heavy (non-hydrogen) atoms. The van der Waals surface area contributed by atoms with E-state index in [1.165, 1.54) is 42.6 Å². The molecule has 1 aliphatic carbocycles. The number of aryl methyl sites for hydroxylation is 1. The van der Waals surface area contributed by atoms with Gasteiger partial charge in [-0.2, -0.15) is 0 Å². The largest absolute Gasteiger partial charge is 0.497 e. The van der Waals surface area contributed by atoms with E-state index in [-0.39, 0.29) is 0 Å². The van der Waals surface area contributed by atoms with E-state index >= 15 is 0 Å². The second kappa shape index (κ2) is 5.92. The number of fused-ring (bicyclic) bond motifs is 1. The van der Waals surface area contributed by atoms with Crippen molar-refractivity contribution in [3.05, 3.63) is 59.7 Å². The van der Waals surface area contributed by atoms with Crippen LogP contribution in [0, 0.1) is 12.8 Å². The Morgan fingerprint density at radius 2 is 1.65 bits per heavy atom. The molecule has 0 aromatic heterocycles. The average molecular weight is 307 g/mol. The van der Waals surface area contributed by atoms with Gasteiger partial charge in [0.05, 0.1) is 7.11 Å². The number of benzene rings is 2. The summed E-state index contributed by atoms with van der Waals surface area (Å²) in [4.78, 5) is 2.64. The fourth-order valence-electron chi connectivity index (χ4n) is 4.56. The van der Waals surface area contributed by atoms with Crippen LogP contribution in [0.3, 0.4) is 0 Å². The minimum Gasteiger partial charge on any atom is -0.497 e. The lowest BCUT2D eigenvalue weighted by atomic mass is 9.91. The van der Waals surface area contributed by atoms with Gasteiger partial charge in [-0.05, 0) is 61.9 Å². The van der Waals surface area contributed by atoms with Gasteiger partial charge in [-0.3, -0.25) is 0 Å². The fraction of sp³-hybridized carbons (Fsp3) is 0.429. The Morgan fingerprint density at radius 1 is 0.913 bits per heavy atom. The number of hydrogen-bond donors (Lipinski definition) is 0. The van der Waals surface area contributed by atoms with Crippen LogP contribution in [-0.2, 0) is 0 Å². The van der Waals surface area contributed by atoms with Crippen LogP contribution in [0.1, 0.15) is 36.3 Å². The number of methoxy groups -OCH3 is 1. The van der Waals surface area contributed by atoms with E-state index in [4.69, 9.17) is 4.74 Å². The van der Waals surface area contributed by atoms with Crippen molar-refractivity contribution < 1.29 is 4.74 Å². The Labute approximate surface area is 139 Å². The smallest absolute Gasteiger partial charge is 0.119 e. The number of nitrogens with zero attached hydrogens (tertiary/aromatic N) is 1. The predicted molar refractivity (Wildman–Crippen MR) is 95.4 cm³/mol. The lowest BCUT2D eigenvalue weighted by Crippen LogP contribution is -2.34. The summed E-state index contributed by atoms with van der Waals surface area (Å²) in [6.45, 7) is 3.35. The molecule has 0 unspecified atom stereocenters. The zero-order chi connectivity index (χ0) is 15.8. The molecule has 2 aliphatic rings. The van der Waals surface area contributed by atoms with E-state index in [9.17, 15) is 0 Å². The van der Waals surface area contributed by atoms with Gasteiger partial charge in [0.2, 0.25) is 0 Å². The zero-order valence-corrected chi connectivity index (χ0v) is 14.0. The van der Waals surface area contributed by atoms with Crippen LogP contribution < -0.4 is 9.64 Å². The van der Waals surface area contributed by atoms with E-state index in [1.54, 1.807) is 7.11 Å². The van der Waals surface area contributed by atoms with Crippen molar-refractivity contribution >= 4 is 5.69 Å². The highest BCUT2D eigenvalue weighted by Crippen LogP contribution is 2.48. The van der Waals surface area contributed by atoms with E-state index in [0.29, 0.717) is 12.0 Å². The Morgan fingerprint density at radius 3 is 2.35 bits per heavy atom. The highest BCUT2D eigenvalue weighted by Gasteiger charge is 2.44. The topological polar surface area (TPSA) is 12.5 Å². The summed E-state index contributed by atoms with van der Waals surface area (Å²) < 4.78 is 5.30. The van der Waals surface area contributed by atoms with Gasteiger partial charge in [0.25, 0.3) is 0 Å². The third-order valence-corrected chi connectivity index (χ3v) is 5.75. The minimum absolute atomic E-state index is 0.658. The summed E-state index contributed by atoms with van der Waals surface area (Å²) in [5, 5.41) is 0. The maximum atomic E-state index is 5.30. The summed E-state index contributed by atoms with van der Waals surface area (Å²) >= 11 is 0. The second-order valence-corrected chi connectivity index (χ2v) is 7.03. The van der Waals surface area contributed by atoms with Crippen LogP contribution in [0.2, 0.25) is 0 Å². The van der Waals surface area contributed by atoms with E-state index in [0.717, 1.165) is 11.7 Å². The van der Waals surface area contributed by atoms with Crippen LogP contribution in [0.4, 0.5) is 5.69 Å². The molecular formula is C21H25NO. The van der Waals surface area contributed by atoms with Gasteiger partial charge >= 0.3 is 0 Å². The first kappa shape index (κ1) is 14.6. The molecule has 120 valence electrons. The van der Waals surface area contributed by atoms with Gasteiger partial charge in [-0.1, -0.05) is 29.8 Å². The first-order valence-corrected chi connectivity index (χ1v) is 8.73. The third-order valence-electron chi connectivity index (χ3n) is 5.75. The van der Waals surface area contributed by atoms with E-state index in [2.05, 4.69) is 60.4 Å². The molecule has 2 aromatic carbocycles. The monoisotopic (exact) mass is 307 g/mol. The van der Waals surface area contributed by atoms with Crippen LogP contribution in [0.25, 0.3) is 0 Å². The number of ether oxygens (including phenoxy) is 1. The molecule has 2 heteroatoms. The van der Waals surface area contributed by atoms with Gasteiger partial charge < -0.3 is 9.64 Å². The number of hydrogen-bond acceptors (Lipinski definition) is 2. The second-order valence-electron chi connectivity index (χ2n) is 7.03. The molecule has 1 heterocycles. The highest BCUT2D eigenvalue weighted by atomic mass is 16.5. The highest BCUT2D eigenvalue weighted by molar-refractivity contribution is 5.52. The van der Waals surface area contributed by atoms with Crippen molar-refractivity contribution in [1.82, 2.24) is 0 Å². The molecule has 4 rings (SSSR count). The lowest BCUT2D eigenvalue weighted by molar-refractivity contribution is 0.414. The van der Waals surface area contributed by atoms with Crippen molar-refractivity contribution in [3.63, 3.8) is 0 Å². The molecule has 1 saturated heterocycles. The first-order chi connectivity index (χ1) is 11.3. The third kappa shape index (κ3) is 2.60. The molecule has 2 fully saturated rings. The van der Waals surface area contributed by atoms with Crippen molar-refractivity contribution in [2.45, 2.75) is 38.1 Å². The van der Waals surface area contributed by atoms with Crippen molar-refractivity contribution in [2.24, 2.45) is 5.92 Å². The van der Waals surface area contributed by atoms with Gasteiger partial charge in [-0.25, -0.2) is 0 Å². The Bertz CT molecular complexity index is 661. The van der Waals surface area contributed by atoms with Crippen LogP contribution >= 0.6 is 0 Å². The molecule has 3 atom stereocenters. The minimum atomic E-state index is 0.658. The summed E-state index contributed by atoms with van der Waals surface area (Å²) in [7, 11) is 1.73. The van der Waals surface area contributed by atoms with Crippen LogP contribution in [-0.4, -0.2) is 19.7 Å². The SMILES string of the molecule is COc1ccc(N2CC[C@H]3CC[C@@H](c4ccc(C)cc4)[C@H]32)cc1.